The quantitative estimate of drug-likeness (QED) is 0.829. The van der Waals surface area contributed by atoms with Gasteiger partial charge in [-0.05, 0) is 43.7 Å². The normalized spacial score (nSPS) is 24.5. The molecule has 2 atom stereocenters. The summed E-state index contributed by atoms with van der Waals surface area (Å²) in [5, 5.41) is 3.60. The highest BCUT2D eigenvalue weighted by Gasteiger charge is 2.28. The summed E-state index contributed by atoms with van der Waals surface area (Å²) in [7, 11) is 0. The molecule has 17 heavy (non-hydrogen) atoms. The Bertz CT molecular complexity index is 356. The highest BCUT2D eigenvalue weighted by atomic mass is 14.9. The lowest BCUT2D eigenvalue weighted by atomic mass is 9.88. The first kappa shape index (κ1) is 12.6. The Morgan fingerprint density at radius 1 is 1.29 bits per heavy atom. The minimum atomic E-state index is 0.605. The first-order chi connectivity index (χ1) is 8.16. The van der Waals surface area contributed by atoms with Crippen LogP contribution in [-0.2, 0) is 0 Å². The summed E-state index contributed by atoms with van der Waals surface area (Å²) >= 11 is 0. The van der Waals surface area contributed by atoms with Gasteiger partial charge in [0.15, 0.2) is 0 Å². The van der Waals surface area contributed by atoms with E-state index in [4.69, 9.17) is 0 Å². The summed E-state index contributed by atoms with van der Waals surface area (Å²) in [6.07, 6.45) is 4.15. The molecule has 0 radical (unpaired) electrons. The van der Waals surface area contributed by atoms with Crippen molar-refractivity contribution in [2.24, 2.45) is 5.92 Å². The summed E-state index contributed by atoms with van der Waals surface area (Å²) in [6.45, 7) is 7.84. The lowest BCUT2D eigenvalue weighted by Gasteiger charge is -2.22. The van der Waals surface area contributed by atoms with Crippen LogP contribution in [0.4, 0.5) is 0 Å². The maximum absolute atomic E-state index is 3.60. The molecule has 0 amide bonds. The Balaban J connectivity index is 2.04. The summed E-state index contributed by atoms with van der Waals surface area (Å²) in [4.78, 5) is 0. The molecule has 0 aliphatic heterocycles. The topological polar surface area (TPSA) is 12.0 Å². The van der Waals surface area contributed by atoms with Crippen molar-refractivity contribution in [2.45, 2.75) is 52.0 Å². The summed E-state index contributed by atoms with van der Waals surface area (Å²) in [5.74, 6) is 1.61. The minimum Gasteiger partial charge on any atom is -0.314 e. The van der Waals surface area contributed by atoms with E-state index in [1.54, 1.807) is 5.56 Å². The molecule has 1 heteroatoms. The van der Waals surface area contributed by atoms with Crippen molar-refractivity contribution in [3.8, 4) is 0 Å². The van der Waals surface area contributed by atoms with Crippen molar-refractivity contribution >= 4 is 0 Å². The Morgan fingerprint density at radius 3 is 2.82 bits per heavy atom. The third kappa shape index (κ3) is 3.32. The highest BCUT2D eigenvalue weighted by Crippen LogP contribution is 2.39. The third-order valence-electron chi connectivity index (χ3n) is 3.92. The largest absolute Gasteiger partial charge is 0.314 e. The van der Waals surface area contributed by atoms with Gasteiger partial charge in [-0.1, -0.05) is 50.1 Å². The molecule has 2 unspecified atom stereocenters. The lowest BCUT2D eigenvalue weighted by Crippen LogP contribution is -2.30. The van der Waals surface area contributed by atoms with Gasteiger partial charge in [0.1, 0.15) is 0 Å². The predicted octanol–water partition coefficient (Wildman–Crippen LogP) is 3.88. The molecule has 1 fully saturated rings. The van der Waals surface area contributed by atoms with Gasteiger partial charge in [-0.2, -0.15) is 0 Å². The molecule has 1 aliphatic carbocycles. The van der Waals surface area contributed by atoms with Crippen LogP contribution < -0.4 is 5.32 Å². The van der Waals surface area contributed by atoms with Crippen LogP contribution >= 0.6 is 0 Å². The highest BCUT2D eigenvalue weighted by molar-refractivity contribution is 5.26. The van der Waals surface area contributed by atoms with Gasteiger partial charge in [0.05, 0.1) is 0 Å². The van der Waals surface area contributed by atoms with Crippen LogP contribution in [0.3, 0.4) is 0 Å². The van der Waals surface area contributed by atoms with Gasteiger partial charge < -0.3 is 5.32 Å². The first-order valence-electron chi connectivity index (χ1n) is 6.97. The van der Waals surface area contributed by atoms with E-state index in [0.717, 1.165) is 11.8 Å². The van der Waals surface area contributed by atoms with Gasteiger partial charge in [0.2, 0.25) is 0 Å². The monoisotopic (exact) mass is 231 g/mol. The van der Waals surface area contributed by atoms with Gasteiger partial charge in [-0.15, -0.1) is 0 Å². The maximum atomic E-state index is 3.60. The van der Waals surface area contributed by atoms with E-state index >= 15 is 0 Å². The van der Waals surface area contributed by atoms with E-state index in [1.165, 1.54) is 31.4 Å². The summed E-state index contributed by atoms with van der Waals surface area (Å²) in [6, 6.07) is 9.69. The molecule has 1 nitrogen and oxygen atoms in total. The van der Waals surface area contributed by atoms with Crippen LogP contribution in [0, 0.1) is 12.8 Å². The van der Waals surface area contributed by atoms with Crippen LogP contribution in [0.1, 0.15) is 50.2 Å². The average Bonchev–Trinajstić information content (AvgIpc) is 2.74. The Morgan fingerprint density at radius 2 is 2.12 bits per heavy atom. The van der Waals surface area contributed by atoms with Crippen LogP contribution in [0.5, 0.6) is 0 Å². The van der Waals surface area contributed by atoms with Crippen molar-refractivity contribution in [3.63, 3.8) is 0 Å². The Labute approximate surface area is 106 Å². The fourth-order valence-electron chi connectivity index (χ4n) is 3.01. The zero-order chi connectivity index (χ0) is 12.3. The van der Waals surface area contributed by atoms with E-state index in [2.05, 4.69) is 50.4 Å². The number of hydrogen-bond acceptors (Lipinski definition) is 1. The van der Waals surface area contributed by atoms with E-state index in [-0.39, 0.29) is 0 Å². The van der Waals surface area contributed by atoms with Crippen molar-refractivity contribution in [1.29, 1.82) is 0 Å². The zero-order valence-corrected chi connectivity index (χ0v) is 11.4. The van der Waals surface area contributed by atoms with E-state index in [0.29, 0.717) is 6.04 Å². The SMILES string of the molecule is Cc1cccc(C2CCCC2CNC(C)C)c1. The molecule has 0 spiro atoms. The first-order valence-corrected chi connectivity index (χ1v) is 6.97. The molecule has 0 saturated heterocycles. The average molecular weight is 231 g/mol. The second kappa shape index (κ2) is 5.68. The van der Waals surface area contributed by atoms with E-state index in [1.807, 2.05) is 0 Å². The molecule has 1 N–H and O–H groups in total. The number of rotatable bonds is 4. The number of benzene rings is 1. The second-order valence-electron chi connectivity index (χ2n) is 5.77. The summed E-state index contributed by atoms with van der Waals surface area (Å²) in [5.41, 5.74) is 2.95. The molecular formula is C16H25N. The predicted molar refractivity (Wildman–Crippen MR) is 74.4 cm³/mol. The Hall–Kier alpha value is -0.820. The van der Waals surface area contributed by atoms with Gasteiger partial charge in [-0.25, -0.2) is 0 Å². The minimum absolute atomic E-state index is 0.605. The molecule has 1 aromatic carbocycles. The lowest BCUT2D eigenvalue weighted by molar-refractivity contribution is 0.422. The van der Waals surface area contributed by atoms with Crippen LogP contribution in [0.15, 0.2) is 24.3 Å². The van der Waals surface area contributed by atoms with Gasteiger partial charge in [-0.3, -0.25) is 0 Å². The van der Waals surface area contributed by atoms with Crippen LogP contribution in [0.2, 0.25) is 0 Å². The van der Waals surface area contributed by atoms with Gasteiger partial charge in [0.25, 0.3) is 0 Å². The van der Waals surface area contributed by atoms with Crippen molar-refractivity contribution < 1.29 is 0 Å². The molecule has 0 heterocycles. The fraction of sp³-hybridized carbons (Fsp3) is 0.625. The summed E-state index contributed by atoms with van der Waals surface area (Å²) < 4.78 is 0. The van der Waals surface area contributed by atoms with Crippen molar-refractivity contribution in [3.05, 3.63) is 35.4 Å². The molecular weight excluding hydrogens is 206 g/mol. The number of hydrogen-bond donors (Lipinski definition) is 1. The molecule has 0 aromatic heterocycles. The molecule has 0 bridgehead atoms. The smallest absolute Gasteiger partial charge is 0.00104 e. The van der Waals surface area contributed by atoms with Crippen molar-refractivity contribution in [1.82, 2.24) is 5.32 Å². The van der Waals surface area contributed by atoms with Crippen LogP contribution in [0.25, 0.3) is 0 Å². The molecule has 94 valence electrons. The third-order valence-corrected chi connectivity index (χ3v) is 3.92. The van der Waals surface area contributed by atoms with Gasteiger partial charge in [0, 0.05) is 6.04 Å². The van der Waals surface area contributed by atoms with E-state index in [9.17, 15) is 0 Å². The number of aryl methyl sites for hydroxylation is 1. The standard InChI is InChI=1S/C16H25N/c1-12(2)17-11-15-8-5-9-16(15)14-7-4-6-13(3)10-14/h4,6-7,10,12,15-17H,5,8-9,11H2,1-3H3. The van der Waals surface area contributed by atoms with E-state index < -0.39 is 0 Å². The Kier molecular flexibility index (Phi) is 4.22. The van der Waals surface area contributed by atoms with Crippen molar-refractivity contribution in [2.75, 3.05) is 6.54 Å². The second-order valence-corrected chi connectivity index (χ2v) is 5.77. The fourth-order valence-corrected chi connectivity index (χ4v) is 3.01. The maximum Gasteiger partial charge on any atom is 0.00104 e. The van der Waals surface area contributed by atoms with Gasteiger partial charge >= 0.3 is 0 Å². The van der Waals surface area contributed by atoms with Crippen LogP contribution in [-0.4, -0.2) is 12.6 Å². The zero-order valence-electron chi connectivity index (χ0n) is 11.4. The molecule has 1 saturated carbocycles. The molecule has 1 aliphatic rings. The molecule has 2 rings (SSSR count). The number of nitrogens with one attached hydrogen (secondary N) is 1. The molecule has 1 aromatic rings.